The number of hydrogen-bond acceptors (Lipinski definition) is 2. The molecule has 1 aromatic carbocycles. The molecule has 0 aliphatic carbocycles. The minimum absolute atomic E-state index is 0.303. The SMILES string of the molecule is C[C@@H](O)CCc1cc2ccccc2nc1Cl. The Kier molecular flexibility index (Phi) is 3.42. The lowest BCUT2D eigenvalue weighted by molar-refractivity contribution is 0.185. The summed E-state index contributed by atoms with van der Waals surface area (Å²) < 4.78 is 0. The molecule has 0 radical (unpaired) electrons. The van der Waals surface area contributed by atoms with E-state index in [4.69, 9.17) is 11.6 Å². The summed E-state index contributed by atoms with van der Waals surface area (Å²) in [7, 11) is 0. The molecule has 1 N–H and O–H groups in total. The van der Waals surface area contributed by atoms with Gasteiger partial charge < -0.3 is 5.11 Å². The molecule has 1 heterocycles. The molecule has 0 saturated carbocycles. The summed E-state index contributed by atoms with van der Waals surface area (Å²) in [5.41, 5.74) is 1.91. The van der Waals surface area contributed by atoms with Crippen molar-refractivity contribution < 1.29 is 5.11 Å². The van der Waals surface area contributed by atoms with Gasteiger partial charge in [-0.2, -0.15) is 0 Å². The number of aromatic nitrogens is 1. The van der Waals surface area contributed by atoms with Crippen LogP contribution in [0.3, 0.4) is 0 Å². The van der Waals surface area contributed by atoms with Crippen LogP contribution in [-0.4, -0.2) is 16.2 Å². The predicted molar refractivity (Wildman–Crippen MR) is 66.8 cm³/mol. The van der Waals surface area contributed by atoms with Crippen LogP contribution in [0, 0.1) is 0 Å². The lowest BCUT2D eigenvalue weighted by Crippen LogP contribution is -2.02. The topological polar surface area (TPSA) is 33.1 Å². The van der Waals surface area contributed by atoms with Gasteiger partial charge in [-0.3, -0.25) is 0 Å². The zero-order valence-corrected chi connectivity index (χ0v) is 9.91. The number of halogens is 1. The molecule has 0 amide bonds. The van der Waals surface area contributed by atoms with Gasteiger partial charge in [-0.05, 0) is 37.5 Å². The molecule has 0 spiro atoms. The van der Waals surface area contributed by atoms with E-state index in [1.165, 1.54) is 0 Å². The van der Waals surface area contributed by atoms with E-state index >= 15 is 0 Å². The van der Waals surface area contributed by atoms with Gasteiger partial charge in [-0.25, -0.2) is 4.98 Å². The average Bonchev–Trinajstić information content (AvgIpc) is 2.26. The molecular weight excluding hydrogens is 222 g/mol. The number of hydrogen-bond donors (Lipinski definition) is 1. The molecule has 1 aromatic heterocycles. The normalized spacial score (nSPS) is 12.9. The number of aliphatic hydroxyl groups excluding tert-OH is 1. The largest absolute Gasteiger partial charge is 0.393 e. The predicted octanol–water partition coefficient (Wildman–Crippen LogP) is 3.20. The van der Waals surface area contributed by atoms with Gasteiger partial charge in [-0.15, -0.1) is 0 Å². The summed E-state index contributed by atoms with van der Waals surface area (Å²) in [6, 6.07) is 9.94. The van der Waals surface area contributed by atoms with Crippen LogP contribution < -0.4 is 0 Å². The fraction of sp³-hybridized carbons (Fsp3) is 0.308. The van der Waals surface area contributed by atoms with E-state index in [1.807, 2.05) is 30.3 Å². The third-order valence-corrected chi connectivity index (χ3v) is 2.91. The van der Waals surface area contributed by atoms with Crippen molar-refractivity contribution in [1.82, 2.24) is 4.98 Å². The first kappa shape index (κ1) is 11.4. The molecule has 16 heavy (non-hydrogen) atoms. The first-order valence-electron chi connectivity index (χ1n) is 5.39. The first-order valence-corrected chi connectivity index (χ1v) is 5.77. The van der Waals surface area contributed by atoms with E-state index in [0.29, 0.717) is 11.6 Å². The molecule has 2 rings (SSSR count). The Balaban J connectivity index is 2.34. The highest BCUT2D eigenvalue weighted by Crippen LogP contribution is 2.21. The number of rotatable bonds is 3. The number of benzene rings is 1. The average molecular weight is 236 g/mol. The molecule has 0 aliphatic heterocycles. The second-order valence-electron chi connectivity index (χ2n) is 4.02. The van der Waals surface area contributed by atoms with Gasteiger partial charge in [0.1, 0.15) is 5.15 Å². The van der Waals surface area contributed by atoms with Crippen molar-refractivity contribution in [3.05, 3.63) is 41.0 Å². The number of aryl methyl sites for hydroxylation is 1. The van der Waals surface area contributed by atoms with E-state index in [2.05, 4.69) is 4.98 Å². The second kappa shape index (κ2) is 4.81. The minimum Gasteiger partial charge on any atom is -0.393 e. The fourth-order valence-electron chi connectivity index (χ4n) is 1.68. The van der Waals surface area contributed by atoms with Gasteiger partial charge in [0.15, 0.2) is 0 Å². The maximum Gasteiger partial charge on any atom is 0.132 e. The molecule has 0 fully saturated rings. The van der Waals surface area contributed by atoms with Gasteiger partial charge in [0.05, 0.1) is 11.6 Å². The Morgan fingerprint density at radius 1 is 1.38 bits per heavy atom. The molecule has 1 atom stereocenters. The summed E-state index contributed by atoms with van der Waals surface area (Å²) in [6.07, 6.45) is 1.16. The molecule has 0 unspecified atom stereocenters. The van der Waals surface area contributed by atoms with Crippen LogP contribution in [0.15, 0.2) is 30.3 Å². The van der Waals surface area contributed by atoms with Crippen LogP contribution in [0.25, 0.3) is 10.9 Å². The van der Waals surface area contributed by atoms with Gasteiger partial charge in [0.2, 0.25) is 0 Å². The van der Waals surface area contributed by atoms with Crippen LogP contribution in [0.5, 0.6) is 0 Å². The first-order chi connectivity index (χ1) is 7.66. The molecule has 0 aliphatic rings. The van der Waals surface area contributed by atoms with Gasteiger partial charge >= 0.3 is 0 Å². The zero-order chi connectivity index (χ0) is 11.5. The molecule has 2 nitrogen and oxygen atoms in total. The number of nitrogens with zero attached hydrogens (tertiary/aromatic N) is 1. The van der Waals surface area contributed by atoms with Crippen molar-refractivity contribution in [3.8, 4) is 0 Å². The molecule has 0 bridgehead atoms. The van der Waals surface area contributed by atoms with Gasteiger partial charge in [0, 0.05) is 5.39 Å². The van der Waals surface area contributed by atoms with Crippen LogP contribution in [-0.2, 0) is 6.42 Å². The van der Waals surface area contributed by atoms with Crippen molar-refractivity contribution in [2.24, 2.45) is 0 Å². The Morgan fingerprint density at radius 2 is 2.12 bits per heavy atom. The van der Waals surface area contributed by atoms with E-state index in [9.17, 15) is 5.11 Å². The highest BCUT2D eigenvalue weighted by Gasteiger charge is 2.06. The van der Waals surface area contributed by atoms with Crippen molar-refractivity contribution >= 4 is 22.5 Å². The van der Waals surface area contributed by atoms with Crippen molar-refractivity contribution in [1.29, 1.82) is 0 Å². The standard InChI is InChI=1S/C13H14ClNO/c1-9(16)6-7-11-8-10-4-2-3-5-12(10)15-13(11)14/h2-5,8-9,16H,6-7H2,1H3/t9-/m1/s1. The third-order valence-electron chi connectivity index (χ3n) is 2.58. The highest BCUT2D eigenvalue weighted by atomic mass is 35.5. The Morgan fingerprint density at radius 3 is 2.88 bits per heavy atom. The van der Waals surface area contributed by atoms with Crippen LogP contribution in [0.2, 0.25) is 5.15 Å². The van der Waals surface area contributed by atoms with Crippen LogP contribution in [0.1, 0.15) is 18.9 Å². The molecule has 84 valence electrons. The fourth-order valence-corrected chi connectivity index (χ4v) is 1.92. The van der Waals surface area contributed by atoms with E-state index in [0.717, 1.165) is 22.9 Å². The maximum atomic E-state index is 9.25. The minimum atomic E-state index is -0.303. The number of pyridine rings is 1. The Labute approximate surface area is 99.9 Å². The zero-order valence-electron chi connectivity index (χ0n) is 9.15. The van der Waals surface area contributed by atoms with Gasteiger partial charge in [0.25, 0.3) is 0 Å². The second-order valence-corrected chi connectivity index (χ2v) is 4.38. The monoisotopic (exact) mass is 235 g/mol. The lowest BCUT2D eigenvalue weighted by Gasteiger charge is -2.07. The third kappa shape index (κ3) is 2.52. The molecular formula is C13H14ClNO. The molecule has 2 aromatic rings. The van der Waals surface area contributed by atoms with Gasteiger partial charge in [-0.1, -0.05) is 29.8 Å². The summed E-state index contributed by atoms with van der Waals surface area (Å²) in [5, 5.41) is 10.9. The van der Waals surface area contributed by atoms with Crippen LogP contribution >= 0.6 is 11.6 Å². The summed E-state index contributed by atoms with van der Waals surface area (Å²) in [6.45, 7) is 1.78. The lowest BCUT2D eigenvalue weighted by atomic mass is 10.1. The van der Waals surface area contributed by atoms with Crippen molar-refractivity contribution in [2.75, 3.05) is 0 Å². The summed E-state index contributed by atoms with van der Waals surface area (Å²) in [5.74, 6) is 0. The van der Waals surface area contributed by atoms with Crippen LogP contribution in [0.4, 0.5) is 0 Å². The van der Waals surface area contributed by atoms with Crippen molar-refractivity contribution in [3.63, 3.8) is 0 Å². The molecule has 0 saturated heterocycles. The quantitative estimate of drug-likeness (QED) is 0.829. The number of para-hydroxylation sites is 1. The smallest absolute Gasteiger partial charge is 0.132 e. The van der Waals surface area contributed by atoms with E-state index in [-0.39, 0.29) is 6.10 Å². The van der Waals surface area contributed by atoms with E-state index < -0.39 is 0 Å². The number of aliphatic hydroxyl groups is 1. The Bertz CT molecular complexity index is 496. The summed E-state index contributed by atoms with van der Waals surface area (Å²) in [4.78, 5) is 4.34. The van der Waals surface area contributed by atoms with E-state index in [1.54, 1.807) is 6.92 Å². The maximum absolute atomic E-state index is 9.25. The Hall–Kier alpha value is -1.12. The highest BCUT2D eigenvalue weighted by molar-refractivity contribution is 6.30. The number of fused-ring (bicyclic) bond motifs is 1. The molecule has 3 heteroatoms. The van der Waals surface area contributed by atoms with Crippen molar-refractivity contribution in [2.45, 2.75) is 25.9 Å². The summed E-state index contributed by atoms with van der Waals surface area (Å²) >= 11 is 6.09.